The van der Waals surface area contributed by atoms with Gasteiger partial charge in [-0.25, -0.2) is 4.79 Å². The minimum Gasteiger partial charge on any atom is -0.459 e. The zero-order valence-corrected chi connectivity index (χ0v) is 54.0. The number of alkyl halides is 12. The summed E-state index contributed by atoms with van der Waals surface area (Å²) < 4.78 is 176. The van der Waals surface area contributed by atoms with Crippen LogP contribution in [0.5, 0.6) is 0 Å². The summed E-state index contributed by atoms with van der Waals surface area (Å²) in [5, 5.41) is 0. The summed E-state index contributed by atoms with van der Waals surface area (Å²) in [5.74, 6) is -2.81. The normalized spacial score (nSPS) is 31.5. The highest BCUT2D eigenvalue weighted by atomic mass is 19.4. The number of esters is 3. The van der Waals surface area contributed by atoms with Crippen LogP contribution >= 0.6 is 0 Å². The first-order valence-electron chi connectivity index (χ1n) is 31.9. The van der Waals surface area contributed by atoms with Gasteiger partial charge in [0.1, 0.15) is 43.2 Å². The van der Waals surface area contributed by atoms with E-state index in [9.17, 15) is 86.2 Å². The number of nitrogens with zero attached hydrogens (tertiary/aromatic N) is 5. The summed E-state index contributed by atoms with van der Waals surface area (Å²) in [4.78, 5) is 104. The third kappa shape index (κ3) is 19.1. The van der Waals surface area contributed by atoms with Crippen molar-refractivity contribution in [2.75, 3.05) is 26.2 Å². The molecule has 0 radical (unpaired) electrons. The van der Waals surface area contributed by atoms with Crippen molar-refractivity contribution in [3.63, 3.8) is 0 Å². The van der Waals surface area contributed by atoms with Gasteiger partial charge in [0, 0.05) is 39.6 Å². The van der Waals surface area contributed by atoms with E-state index in [0.717, 1.165) is 38.6 Å². The number of aldehydes is 1. The van der Waals surface area contributed by atoms with Crippen LogP contribution < -0.4 is 0 Å². The molecule has 3 saturated carbocycles. The van der Waals surface area contributed by atoms with Crippen LogP contribution in [0.3, 0.4) is 0 Å². The Balaban J connectivity index is 0.000000206. The molecular formula is C62H91F12N5O12. The van der Waals surface area contributed by atoms with Gasteiger partial charge in [0.15, 0.2) is 0 Å². The lowest BCUT2D eigenvalue weighted by atomic mass is 9.78. The van der Waals surface area contributed by atoms with Crippen LogP contribution in [0.4, 0.5) is 57.5 Å². The minimum atomic E-state index is -4.64. The molecule has 0 aromatic carbocycles. The van der Waals surface area contributed by atoms with E-state index in [0.29, 0.717) is 38.7 Å². The Labute approximate surface area is 525 Å². The molecule has 0 spiro atoms. The monoisotopic (exact) mass is 1330 g/mol. The van der Waals surface area contributed by atoms with E-state index in [2.05, 4.69) is 4.90 Å². The van der Waals surface area contributed by atoms with Gasteiger partial charge in [-0.1, -0.05) is 13.8 Å². The Kier molecular flexibility index (Phi) is 22.0. The third-order valence-electron chi connectivity index (χ3n) is 18.2. The largest absolute Gasteiger partial charge is 0.459 e. The van der Waals surface area contributed by atoms with Crippen LogP contribution in [0.1, 0.15) is 175 Å². The molecule has 4 amide bonds. The molecule has 29 heteroatoms. The number of carbonyl (C=O) groups excluding carboxylic acids is 8. The lowest BCUT2D eigenvalue weighted by Gasteiger charge is -2.46. The zero-order valence-electron chi connectivity index (χ0n) is 55.0. The van der Waals surface area contributed by atoms with E-state index in [4.69, 9.17) is 25.1 Å². The number of ether oxygens (including phenoxy) is 4. The van der Waals surface area contributed by atoms with Crippen LogP contribution in [0.2, 0.25) is 0 Å². The molecule has 91 heavy (non-hydrogen) atoms. The van der Waals surface area contributed by atoms with E-state index in [1.165, 1.54) is 32.4 Å². The summed E-state index contributed by atoms with van der Waals surface area (Å²) >= 11 is 0. The summed E-state index contributed by atoms with van der Waals surface area (Å²) in [6, 6.07) is -2.78. The number of rotatable bonds is 8. The Bertz CT molecular complexity index is 2670. The Morgan fingerprint density at radius 2 is 0.813 bits per heavy atom. The van der Waals surface area contributed by atoms with Gasteiger partial charge in [0.25, 0.3) is 0 Å². The van der Waals surface area contributed by atoms with E-state index in [1.807, 2.05) is 0 Å². The van der Waals surface area contributed by atoms with Crippen LogP contribution in [-0.4, -0.2) is 190 Å². The number of likely N-dealkylation sites (tertiary alicyclic amines) is 3. The molecule has 15 atom stereocenters. The van der Waals surface area contributed by atoms with E-state index < -0.39 is 150 Å². The van der Waals surface area contributed by atoms with Crippen molar-refractivity contribution >= 4 is 48.0 Å². The fraction of sp³-hybridized carbons (Fsp3) is 0.871. The predicted molar refractivity (Wildman–Crippen MR) is 302 cm³/mol. The van der Waals surface area contributed by atoms with Gasteiger partial charge in [-0.15, -0.1) is 0 Å². The molecular weight excluding hydrogens is 1230 g/mol. The maximum absolute atomic E-state index is 13.0. The van der Waals surface area contributed by atoms with Gasteiger partial charge in [0.2, 0.25) is 24.0 Å². The first-order chi connectivity index (χ1) is 41.8. The first-order valence-corrected chi connectivity index (χ1v) is 31.2. The highest BCUT2D eigenvalue weighted by molar-refractivity contribution is 5.81. The molecule has 0 aromatic rings. The number of hydrogen-bond donors (Lipinski definition) is 0. The van der Waals surface area contributed by atoms with Gasteiger partial charge < -0.3 is 33.6 Å². The highest BCUT2D eigenvalue weighted by Gasteiger charge is 2.65. The van der Waals surface area contributed by atoms with Crippen molar-refractivity contribution in [2.45, 2.75) is 265 Å². The second kappa shape index (κ2) is 27.3. The molecule has 7 saturated heterocycles. The van der Waals surface area contributed by atoms with Crippen molar-refractivity contribution in [1.82, 2.24) is 24.5 Å². The average molecular weight is 1330 g/mol. The van der Waals surface area contributed by atoms with Gasteiger partial charge >= 0.3 is 48.7 Å². The Morgan fingerprint density at radius 1 is 0.473 bits per heavy atom. The predicted octanol–water partition coefficient (Wildman–Crippen LogP) is 11.4. The molecule has 9 bridgehead atoms. The van der Waals surface area contributed by atoms with E-state index in [1.54, 1.807) is 90.0 Å². The molecule has 7 heterocycles. The number of halogens is 12. The van der Waals surface area contributed by atoms with Crippen molar-refractivity contribution in [3.05, 3.63) is 0 Å². The van der Waals surface area contributed by atoms with Crippen LogP contribution in [0.25, 0.3) is 0 Å². The van der Waals surface area contributed by atoms with Gasteiger partial charge in [-0.3, -0.25) is 43.4 Å². The quantitative estimate of drug-likeness (QED) is 0.0967. The standard InChI is InChI=1S/C21H31F3N2O5.C20H29F3N2O3.C17H24F3NO3.C2HF3O.C2H6/c1-19(2,3)17(28)30-16-13-8-11-7-12(26(13)18(29)31-20(4,5)6)15(16)25(10-11)14(27)9-21(22,23)24;1-19(2,3)18(27)28-17-14-7-12-6-13(24(14)9-11-4-5-11)16(17)25(10-12)15(26)8-20(21,22)23;1-16(2,3)15(23)24-14-11-5-9-4-10(6-11)13(14)21(8-9)12(22)7-17(18,19)20;3-2(4,5)1-6;1-2/h11-13,15-16H,7-10H2,1-6H3;11-14,16-17H,4-10H2,1-3H3;9-11,13-14H,4-8H2,1-3H3;1H;1-2H3/t11?,12-,13+,15?,16+;12?,13-,14+,16?,17+;9?,10-,11+,13?,14-;;/m110../s1/i;;;;1D. The van der Waals surface area contributed by atoms with E-state index >= 15 is 0 Å². The number of fused-ring (bicyclic) bond motifs is 6. The molecule has 17 nitrogen and oxygen atoms in total. The zero-order chi connectivity index (χ0) is 69.7. The van der Waals surface area contributed by atoms with Crippen molar-refractivity contribution < 1.29 is 111 Å². The molecule has 0 aromatic heterocycles. The SMILES string of the molecule is CC(C)(C)C(=O)O[C@@H]1C2[C@H]3CC(C[C@@H]1C3)CN2C(=O)CC(F)(F)F.CC(C)(C)C(=O)O[C@@H]1C2[C@H]3CC(C[C@@H]1N3CC1CC1)CN2C(=O)CC(F)(F)F.CC(C)(C)OC(=O)N1[C@@H]2CC3C[C@H]1[C@H](OC(=O)C(C)(C)C)C2N(C(=O)CC(F)(F)F)C3.O=CC(F)(F)F.[2H]CC. The van der Waals surface area contributed by atoms with Gasteiger partial charge in [-0.05, 0) is 176 Å². The van der Waals surface area contributed by atoms with Crippen molar-refractivity contribution in [2.24, 2.45) is 51.8 Å². The lowest BCUT2D eigenvalue weighted by molar-refractivity contribution is -0.173. The second-order valence-electron chi connectivity index (χ2n) is 30.1. The summed E-state index contributed by atoms with van der Waals surface area (Å²) in [6.45, 7) is 24.8. The summed E-state index contributed by atoms with van der Waals surface area (Å²) in [7, 11) is 0. The van der Waals surface area contributed by atoms with Gasteiger partial charge in [-0.2, -0.15) is 52.7 Å². The first kappa shape index (κ1) is 73.3. The molecule has 7 aliphatic heterocycles. The number of carbonyl (C=O) groups is 8. The fourth-order valence-corrected chi connectivity index (χ4v) is 14.6. The molecule has 520 valence electrons. The van der Waals surface area contributed by atoms with Crippen molar-refractivity contribution in [1.29, 1.82) is 0 Å². The van der Waals surface area contributed by atoms with E-state index in [-0.39, 0.29) is 60.2 Å². The third-order valence-corrected chi connectivity index (χ3v) is 18.2. The number of amides is 4. The smallest absolute Gasteiger partial charge is 0.446 e. The fourth-order valence-electron chi connectivity index (χ4n) is 14.6. The number of hydrogen-bond acceptors (Lipinski definition) is 13. The Morgan fingerprint density at radius 3 is 1.20 bits per heavy atom. The van der Waals surface area contributed by atoms with Crippen LogP contribution in [-0.2, 0) is 52.5 Å². The topological polar surface area (TPSA) is 190 Å². The van der Waals surface area contributed by atoms with Gasteiger partial charge in [0.05, 0.1) is 46.5 Å². The molecule has 10 rings (SSSR count). The highest BCUT2D eigenvalue weighted by Crippen LogP contribution is 2.54. The summed E-state index contributed by atoms with van der Waals surface area (Å²) in [5.41, 5.74) is -2.98. The second-order valence-corrected chi connectivity index (χ2v) is 30.1. The number of piperidine rings is 5. The Hall–Kier alpha value is -5.12. The molecule has 3 aliphatic carbocycles. The average Bonchev–Trinajstić information content (AvgIpc) is 1.59. The minimum absolute atomic E-state index is 0.00402. The summed E-state index contributed by atoms with van der Waals surface area (Å²) in [6.07, 6.45) is -18.8. The molecule has 6 unspecified atom stereocenters. The lowest BCUT2D eigenvalue weighted by Crippen LogP contribution is -2.59. The van der Waals surface area contributed by atoms with Crippen LogP contribution in [0, 0.1) is 51.8 Å². The maximum Gasteiger partial charge on any atom is 0.446 e. The maximum atomic E-state index is 13.0. The molecule has 10 aliphatic rings. The molecule has 0 N–H and O–H groups in total. The van der Waals surface area contributed by atoms with Crippen molar-refractivity contribution in [3.8, 4) is 0 Å². The van der Waals surface area contributed by atoms with Crippen LogP contribution in [0.15, 0.2) is 0 Å². The molecule has 10 fully saturated rings.